The fourth-order valence-corrected chi connectivity index (χ4v) is 2.61. The minimum atomic E-state index is -1.02. The molecule has 1 heterocycles. The highest BCUT2D eigenvalue weighted by Gasteiger charge is 2.12. The van der Waals surface area contributed by atoms with Crippen molar-refractivity contribution >= 4 is 19.1 Å². The van der Waals surface area contributed by atoms with Gasteiger partial charge in [-0.05, 0) is 23.7 Å². The van der Waals surface area contributed by atoms with Crippen molar-refractivity contribution in [3.63, 3.8) is 0 Å². The van der Waals surface area contributed by atoms with E-state index in [1.165, 1.54) is 6.04 Å². The van der Waals surface area contributed by atoms with Crippen LogP contribution in [-0.2, 0) is 18.1 Å². The predicted molar refractivity (Wildman–Crippen MR) is 79.8 cm³/mol. The quantitative estimate of drug-likeness (QED) is 0.653. The average Bonchev–Trinajstić information content (AvgIpc) is 2.75. The van der Waals surface area contributed by atoms with Crippen molar-refractivity contribution in [2.45, 2.75) is 39.0 Å². The summed E-state index contributed by atoms with van der Waals surface area (Å²) in [5, 5.41) is 9.10. The van der Waals surface area contributed by atoms with Gasteiger partial charge in [0.15, 0.2) is 0 Å². The molecule has 4 nitrogen and oxygen atoms in total. The second kappa shape index (κ2) is 5.86. The Bertz CT molecular complexity index is 546. The fraction of sp³-hybridized carbons (Fsp3) is 0.500. The molecule has 0 radical (unpaired) electrons. The fourth-order valence-electron chi connectivity index (χ4n) is 1.85. The summed E-state index contributed by atoms with van der Waals surface area (Å²) in [6.45, 7) is 8.44. The van der Waals surface area contributed by atoms with E-state index in [2.05, 4.69) is 24.6 Å². The molecule has 5 heteroatoms. The molecule has 0 spiro atoms. The first kappa shape index (κ1) is 14.2. The number of rotatable bonds is 6. The highest BCUT2D eigenvalue weighted by atomic mass is 28.3. The maximum Gasteiger partial charge on any atom is 0.124 e. The Kier molecular flexibility index (Phi) is 4.39. The molecule has 1 N–H and O–H groups in total. The van der Waals surface area contributed by atoms with Crippen molar-refractivity contribution < 1.29 is 9.84 Å². The first-order valence-electron chi connectivity index (χ1n) is 6.62. The van der Waals surface area contributed by atoms with Crippen molar-refractivity contribution in [3.8, 4) is 0 Å². The molecule has 0 fully saturated rings. The molecule has 0 aliphatic heterocycles. The van der Waals surface area contributed by atoms with E-state index in [0.717, 1.165) is 23.2 Å². The third kappa shape index (κ3) is 3.89. The van der Waals surface area contributed by atoms with Gasteiger partial charge < -0.3 is 14.4 Å². The van der Waals surface area contributed by atoms with Crippen LogP contribution in [-0.4, -0.2) is 29.3 Å². The zero-order chi connectivity index (χ0) is 13.9. The zero-order valence-corrected chi connectivity index (χ0v) is 12.9. The van der Waals surface area contributed by atoms with Crippen molar-refractivity contribution in [1.29, 1.82) is 0 Å². The van der Waals surface area contributed by atoms with E-state index >= 15 is 0 Å². The smallest absolute Gasteiger partial charge is 0.124 e. The summed E-state index contributed by atoms with van der Waals surface area (Å²) in [6, 6.07) is 6.99. The topological polar surface area (TPSA) is 47.3 Å². The van der Waals surface area contributed by atoms with Gasteiger partial charge in [-0.15, -0.1) is 0 Å². The van der Waals surface area contributed by atoms with Crippen LogP contribution < -0.4 is 0 Å². The minimum absolute atomic E-state index is 0.0511. The molecule has 19 heavy (non-hydrogen) atoms. The van der Waals surface area contributed by atoms with Gasteiger partial charge in [-0.1, -0.05) is 25.7 Å². The van der Waals surface area contributed by atoms with E-state index in [4.69, 9.17) is 9.84 Å². The number of hydrogen-bond donors (Lipinski definition) is 1. The van der Waals surface area contributed by atoms with Crippen LogP contribution in [0.4, 0.5) is 0 Å². The van der Waals surface area contributed by atoms with Crippen LogP contribution in [0.2, 0.25) is 25.7 Å². The van der Waals surface area contributed by atoms with E-state index in [9.17, 15) is 0 Å². The molecule has 0 atom stereocenters. The Labute approximate surface area is 115 Å². The molecule has 2 aromatic rings. The third-order valence-electron chi connectivity index (χ3n) is 3.09. The zero-order valence-electron chi connectivity index (χ0n) is 11.9. The summed E-state index contributed by atoms with van der Waals surface area (Å²) in [5.41, 5.74) is 2.84. The van der Waals surface area contributed by atoms with Crippen molar-refractivity contribution in [1.82, 2.24) is 9.55 Å². The number of aliphatic hydroxyl groups is 1. The first-order chi connectivity index (χ1) is 8.99. The van der Waals surface area contributed by atoms with Crippen LogP contribution in [0.1, 0.15) is 5.56 Å². The molecule has 0 saturated heterocycles. The summed E-state index contributed by atoms with van der Waals surface area (Å²) in [4.78, 5) is 4.34. The Morgan fingerprint density at radius 3 is 2.79 bits per heavy atom. The Balaban J connectivity index is 1.98. The highest BCUT2D eigenvalue weighted by molar-refractivity contribution is 6.76. The van der Waals surface area contributed by atoms with Gasteiger partial charge in [0.05, 0.1) is 24.0 Å². The Morgan fingerprint density at radius 2 is 2.11 bits per heavy atom. The van der Waals surface area contributed by atoms with Gasteiger partial charge in [-0.25, -0.2) is 4.98 Å². The van der Waals surface area contributed by atoms with Gasteiger partial charge in [0.2, 0.25) is 0 Å². The average molecular weight is 278 g/mol. The number of imidazole rings is 1. The molecule has 1 aromatic heterocycles. The van der Waals surface area contributed by atoms with Gasteiger partial charge in [0.1, 0.15) is 6.73 Å². The SMILES string of the molecule is C[Si](C)(C)CCOCn1cnc2cc(CO)ccc21. The number of aromatic nitrogens is 2. The molecule has 0 unspecified atom stereocenters. The molecule has 0 bridgehead atoms. The largest absolute Gasteiger partial charge is 0.392 e. The second-order valence-electron chi connectivity index (χ2n) is 6.04. The van der Waals surface area contributed by atoms with E-state index in [0.29, 0.717) is 6.73 Å². The molecular weight excluding hydrogens is 256 g/mol. The lowest BCUT2D eigenvalue weighted by Gasteiger charge is -2.15. The third-order valence-corrected chi connectivity index (χ3v) is 4.80. The van der Waals surface area contributed by atoms with Gasteiger partial charge in [-0.2, -0.15) is 0 Å². The number of benzene rings is 1. The molecule has 0 saturated carbocycles. The molecule has 0 aliphatic carbocycles. The molecule has 104 valence electrons. The van der Waals surface area contributed by atoms with E-state index < -0.39 is 8.07 Å². The van der Waals surface area contributed by atoms with E-state index in [-0.39, 0.29) is 6.61 Å². The summed E-state index contributed by atoms with van der Waals surface area (Å²) in [7, 11) is -1.02. The standard InChI is InChI=1S/C14H22N2O2Si/c1-19(2,3)7-6-18-11-16-10-15-13-8-12(9-17)4-5-14(13)16/h4-5,8,10,17H,6-7,9,11H2,1-3H3. The molecule has 0 amide bonds. The maximum atomic E-state index is 9.10. The van der Waals surface area contributed by atoms with Crippen LogP contribution in [0.15, 0.2) is 24.5 Å². The summed E-state index contributed by atoms with van der Waals surface area (Å²) in [5.74, 6) is 0. The molecule has 0 aliphatic rings. The second-order valence-corrected chi connectivity index (χ2v) is 11.7. The summed E-state index contributed by atoms with van der Waals surface area (Å²) >= 11 is 0. The number of nitrogens with zero attached hydrogens (tertiary/aromatic N) is 2. The van der Waals surface area contributed by atoms with E-state index in [1.54, 1.807) is 6.33 Å². The lowest BCUT2D eigenvalue weighted by molar-refractivity contribution is 0.0898. The number of aliphatic hydroxyl groups excluding tert-OH is 1. The van der Waals surface area contributed by atoms with Gasteiger partial charge >= 0.3 is 0 Å². The van der Waals surface area contributed by atoms with E-state index in [1.807, 2.05) is 22.8 Å². The summed E-state index contributed by atoms with van der Waals surface area (Å²) in [6.07, 6.45) is 1.79. The first-order valence-corrected chi connectivity index (χ1v) is 10.3. The van der Waals surface area contributed by atoms with Crippen LogP contribution in [0, 0.1) is 0 Å². The lowest BCUT2D eigenvalue weighted by Crippen LogP contribution is -2.21. The molecule has 1 aromatic carbocycles. The van der Waals surface area contributed by atoms with Crippen LogP contribution in [0.25, 0.3) is 11.0 Å². The predicted octanol–water partition coefficient (Wildman–Crippen LogP) is 2.84. The summed E-state index contributed by atoms with van der Waals surface area (Å²) < 4.78 is 7.73. The van der Waals surface area contributed by atoms with Gasteiger partial charge in [0.25, 0.3) is 0 Å². The van der Waals surface area contributed by atoms with Crippen LogP contribution in [0.3, 0.4) is 0 Å². The van der Waals surface area contributed by atoms with Crippen LogP contribution in [0.5, 0.6) is 0 Å². The number of ether oxygens (including phenoxy) is 1. The minimum Gasteiger partial charge on any atom is -0.392 e. The van der Waals surface area contributed by atoms with Crippen molar-refractivity contribution in [2.75, 3.05) is 6.61 Å². The van der Waals surface area contributed by atoms with Gasteiger partial charge in [0, 0.05) is 14.7 Å². The maximum absolute atomic E-state index is 9.10. The molecular formula is C14H22N2O2Si. The molecule has 2 rings (SSSR count). The number of fused-ring (bicyclic) bond motifs is 1. The highest BCUT2D eigenvalue weighted by Crippen LogP contribution is 2.15. The Morgan fingerprint density at radius 1 is 1.32 bits per heavy atom. The van der Waals surface area contributed by atoms with Crippen molar-refractivity contribution in [3.05, 3.63) is 30.1 Å². The monoisotopic (exact) mass is 278 g/mol. The number of hydrogen-bond acceptors (Lipinski definition) is 3. The normalized spacial score (nSPS) is 12.2. The van der Waals surface area contributed by atoms with Gasteiger partial charge in [-0.3, -0.25) is 0 Å². The lowest BCUT2D eigenvalue weighted by atomic mass is 10.2. The van der Waals surface area contributed by atoms with Crippen LogP contribution >= 0.6 is 0 Å². The Hall–Kier alpha value is -1.17. The van der Waals surface area contributed by atoms with Crippen molar-refractivity contribution in [2.24, 2.45) is 0 Å².